The number of nitrogens with zero attached hydrogens (tertiary/aromatic N) is 2. The number of thiazole rings is 1. The maximum atomic E-state index is 11.5. The maximum Gasteiger partial charge on any atom is 0.356 e. The lowest BCUT2D eigenvalue weighted by molar-refractivity contribution is 0.0594. The number of hydrogen-bond donors (Lipinski definition) is 0. The minimum Gasteiger partial charge on any atom is -0.464 e. The summed E-state index contributed by atoms with van der Waals surface area (Å²) in [7, 11) is 1.34. The van der Waals surface area contributed by atoms with Gasteiger partial charge in [0.25, 0.3) is 0 Å². The number of rotatable bonds is 2. The molecule has 0 saturated heterocycles. The van der Waals surface area contributed by atoms with Gasteiger partial charge in [0, 0.05) is 0 Å². The Morgan fingerprint density at radius 1 is 1.11 bits per heavy atom. The summed E-state index contributed by atoms with van der Waals surface area (Å²) < 4.78 is 5.77. The molecule has 94 valence electrons. The fraction of sp³-hybridized carbons (Fsp3) is 0.0714. The molecule has 5 heteroatoms. The Kier molecular flexibility index (Phi) is 2.97. The zero-order valence-electron chi connectivity index (χ0n) is 10.2. The molecule has 1 aromatic carbocycles. The predicted octanol–water partition coefficient (Wildman–Crippen LogP) is 3.14. The van der Waals surface area contributed by atoms with Gasteiger partial charge in [-0.1, -0.05) is 18.2 Å². The second-order valence-electron chi connectivity index (χ2n) is 3.89. The first-order valence-electron chi connectivity index (χ1n) is 5.69. The van der Waals surface area contributed by atoms with Crippen molar-refractivity contribution in [1.82, 2.24) is 9.97 Å². The van der Waals surface area contributed by atoms with Gasteiger partial charge in [-0.2, -0.15) is 0 Å². The fourth-order valence-corrected chi connectivity index (χ4v) is 2.69. The number of hydrogen-bond acceptors (Lipinski definition) is 5. The Balaban J connectivity index is 2.08. The van der Waals surface area contributed by atoms with E-state index >= 15 is 0 Å². The molecule has 0 aliphatic rings. The van der Waals surface area contributed by atoms with E-state index in [0.29, 0.717) is 11.4 Å². The first-order valence-corrected chi connectivity index (χ1v) is 6.51. The second kappa shape index (κ2) is 4.78. The Bertz CT molecular complexity index is 719. The molecule has 0 atom stereocenters. The van der Waals surface area contributed by atoms with Gasteiger partial charge in [-0.3, -0.25) is 0 Å². The molecule has 4 nitrogen and oxygen atoms in total. The van der Waals surface area contributed by atoms with Gasteiger partial charge < -0.3 is 4.74 Å². The maximum absolute atomic E-state index is 11.5. The zero-order chi connectivity index (χ0) is 13.2. The minimum atomic E-state index is -0.442. The Labute approximate surface area is 113 Å². The number of ether oxygens (including phenoxy) is 1. The van der Waals surface area contributed by atoms with E-state index in [1.165, 1.54) is 7.11 Å². The highest BCUT2D eigenvalue weighted by atomic mass is 32.1. The third-order valence-corrected chi connectivity index (χ3v) is 3.72. The molecule has 0 spiro atoms. The summed E-state index contributed by atoms with van der Waals surface area (Å²) in [4.78, 5) is 20.3. The third-order valence-electron chi connectivity index (χ3n) is 2.66. The number of pyridine rings is 1. The molecule has 2 aromatic heterocycles. The molecule has 2 heterocycles. The van der Waals surface area contributed by atoms with Crippen LogP contribution in [0.3, 0.4) is 0 Å². The molecule has 0 bridgehead atoms. The highest BCUT2D eigenvalue weighted by Crippen LogP contribution is 2.28. The Morgan fingerprint density at radius 3 is 2.74 bits per heavy atom. The first kappa shape index (κ1) is 11.8. The third kappa shape index (κ3) is 2.20. The lowest BCUT2D eigenvalue weighted by Crippen LogP contribution is -2.04. The van der Waals surface area contributed by atoms with Crippen LogP contribution in [-0.2, 0) is 4.74 Å². The number of carbonyl (C=O) groups is 1. The van der Waals surface area contributed by atoms with Crippen LogP contribution >= 0.6 is 11.3 Å². The van der Waals surface area contributed by atoms with Crippen LogP contribution in [0.2, 0.25) is 0 Å². The van der Waals surface area contributed by atoms with Crippen LogP contribution in [0.1, 0.15) is 10.5 Å². The van der Waals surface area contributed by atoms with Crippen molar-refractivity contribution in [3.05, 3.63) is 48.2 Å². The summed E-state index contributed by atoms with van der Waals surface area (Å²) in [6, 6.07) is 13.1. The molecule has 0 aliphatic heterocycles. The van der Waals surface area contributed by atoms with E-state index in [0.717, 1.165) is 15.2 Å². The lowest BCUT2D eigenvalue weighted by atomic mass is 10.3. The summed E-state index contributed by atoms with van der Waals surface area (Å²) in [5.74, 6) is -0.442. The number of esters is 1. The minimum absolute atomic E-state index is 0.291. The van der Waals surface area contributed by atoms with Crippen molar-refractivity contribution in [3.63, 3.8) is 0 Å². The molecule has 0 unspecified atom stereocenters. The average molecular weight is 270 g/mol. The number of methoxy groups -OCH3 is 1. The van der Waals surface area contributed by atoms with Crippen LogP contribution in [0.15, 0.2) is 42.5 Å². The van der Waals surface area contributed by atoms with Gasteiger partial charge in [0.1, 0.15) is 10.7 Å². The summed E-state index contributed by atoms with van der Waals surface area (Å²) in [5.41, 5.74) is 1.91. The molecule has 0 amide bonds. The molecule has 0 aliphatic carbocycles. The summed E-state index contributed by atoms with van der Waals surface area (Å²) in [5, 5.41) is 0.798. The van der Waals surface area contributed by atoms with Crippen molar-refractivity contribution in [2.45, 2.75) is 0 Å². The van der Waals surface area contributed by atoms with Crippen molar-refractivity contribution in [3.8, 4) is 10.7 Å². The Morgan fingerprint density at radius 2 is 1.95 bits per heavy atom. The number of carbonyl (C=O) groups excluding carboxylic acids is 1. The molecule has 3 aromatic rings. The van der Waals surface area contributed by atoms with Crippen LogP contribution in [-0.4, -0.2) is 23.0 Å². The zero-order valence-corrected chi connectivity index (χ0v) is 11.0. The molecular weight excluding hydrogens is 260 g/mol. The van der Waals surface area contributed by atoms with Gasteiger partial charge in [-0.25, -0.2) is 14.8 Å². The molecular formula is C14H10N2O2S. The molecule has 19 heavy (non-hydrogen) atoms. The van der Waals surface area contributed by atoms with Crippen molar-refractivity contribution < 1.29 is 9.53 Å². The van der Waals surface area contributed by atoms with E-state index in [9.17, 15) is 4.79 Å². The van der Waals surface area contributed by atoms with Gasteiger partial charge in [0.15, 0.2) is 0 Å². The number of aromatic nitrogens is 2. The largest absolute Gasteiger partial charge is 0.464 e. The van der Waals surface area contributed by atoms with Crippen molar-refractivity contribution >= 4 is 27.5 Å². The molecule has 3 rings (SSSR count). The van der Waals surface area contributed by atoms with Crippen molar-refractivity contribution in [2.75, 3.05) is 7.11 Å². The van der Waals surface area contributed by atoms with Gasteiger partial charge >= 0.3 is 5.97 Å². The van der Waals surface area contributed by atoms with E-state index in [4.69, 9.17) is 0 Å². The lowest BCUT2D eigenvalue weighted by Gasteiger charge is -1.99. The highest BCUT2D eigenvalue weighted by Gasteiger charge is 2.11. The highest BCUT2D eigenvalue weighted by molar-refractivity contribution is 7.21. The molecule has 0 saturated carbocycles. The van der Waals surface area contributed by atoms with E-state index in [1.54, 1.807) is 23.5 Å². The number of fused-ring (bicyclic) bond motifs is 1. The van der Waals surface area contributed by atoms with Crippen LogP contribution < -0.4 is 0 Å². The summed E-state index contributed by atoms with van der Waals surface area (Å²) >= 11 is 1.55. The van der Waals surface area contributed by atoms with Crippen molar-refractivity contribution in [1.29, 1.82) is 0 Å². The van der Waals surface area contributed by atoms with E-state index in [-0.39, 0.29) is 0 Å². The monoisotopic (exact) mass is 270 g/mol. The summed E-state index contributed by atoms with van der Waals surface area (Å²) in [6.07, 6.45) is 0. The van der Waals surface area contributed by atoms with Crippen LogP contribution in [0.5, 0.6) is 0 Å². The SMILES string of the molecule is COC(=O)c1cccc(-c2nc3ccccc3s2)n1. The normalized spacial score (nSPS) is 10.6. The van der Waals surface area contributed by atoms with Crippen LogP contribution in [0.4, 0.5) is 0 Å². The molecule has 0 radical (unpaired) electrons. The van der Waals surface area contributed by atoms with Crippen LogP contribution in [0.25, 0.3) is 20.9 Å². The van der Waals surface area contributed by atoms with Crippen molar-refractivity contribution in [2.24, 2.45) is 0 Å². The van der Waals surface area contributed by atoms with E-state index < -0.39 is 5.97 Å². The quantitative estimate of drug-likeness (QED) is 0.671. The van der Waals surface area contributed by atoms with Gasteiger partial charge in [0.05, 0.1) is 23.0 Å². The molecule has 0 N–H and O–H groups in total. The van der Waals surface area contributed by atoms with Gasteiger partial charge in [-0.05, 0) is 24.3 Å². The van der Waals surface area contributed by atoms with Crippen LogP contribution in [0, 0.1) is 0 Å². The number of para-hydroxylation sites is 1. The van der Waals surface area contributed by atoms with Gasteiger partial charge in [-0.15, -0.1) is 11.3 Å². The summed E-state index contributed by atoms with van der Waals surface area (Å²) in [6.45, 7) is 0. The number of benzene rings is 1. The fourth-order valence-electron chi connectivity index (χ4n) is 1.75. The smallest absolute Gasteiger partial charge is 0.356 e. The topological polar surface area (TPSA) is 52.1 Å². The standard InChI is InChI=1S/C14H10N2O2S/c1-18-14(17)11-7-4-6-10(15-11)13-16-9-5-2-3-8-12(9)19-13/h2-8H,1H3. The van der Waals surface area contributed by atoms with Gasteiger partial charge in [0.2, 0.25) is 0 Å². The van der Waals surface area contributed by atoms with E-state index in [2.05, 4.69) is 14.7 Å². The average Bonchev–Trinajstić information content (AvgIpc) is 2.90. The van der Waals surface area contributed by atoms with E-state index in [1.807, 2.05) is 30.3 Å². The Hall–Kier alpha value is -2.27. The predicted molar refractivity (Wildman–Crippen MR) is 74.2 cm³/mol. The first-order chi connectivity index (χ1) is 9.28. The molecule has 0 fully saturated rings. The second-order valence-corrected chi connectivity index (χ2v) is 4.92.